The van der Waals surface area contributed by atoms with Crippen molar-refractivity contribution in [3.05, 3.63) is 54.6 Å². The summed E-state index contributed by atoms with van der Waals surface area (Å²) in [6.07, 6.45) is 42.4. The van der Waals surface area contributed by atoms with Gasteiger partial charge in [-0.1, -0.05) is 234 Å². The number of aromatic nitrogens is 9. The summed E-state index contributed by atoms with van der Waals surface area (Å²) in [4.78, 5) is 0. The molecule has 0 aliphatic rings. The van der Waals surface area contributed by atoms with Crippen molar-refractivity contribution < 1.29 is 28.4 Å². The predicted molar refractivity (Wildman–Crippen MR) is 356 cm³/mol. The molecule has 15 heteroatoms. The second-order valence-electron chi connectivity index (χ2n) is 24.2. The van der Waals surface area contributed by atoms with Gasteiger partial charge in [0.15, 0.2) is 52.0 Å². The first-order chi connectivity index (χ1) is 43.0. The lowest BCUT2D eigenvalue weighted by Gasteiger charge is -2.15. The van der Waals surface area contributed by atoms with Crippen LogP contribution in [0.5, 0.6) is 34.5 Å². The van der Waals surface area contributed by atoms with Crippen molar-refractivity contribution in [3.63, 3.8) is 0 Å². The number of rotatable bonds is 51. The monoisotopic (exact) mass is 1200 g/mol. The van der Waals surface area contributed by atoms with Crippen LogP contribution in [-0.2, 0) is 0 Å². The quantitative estimate of drug-likeness (QED) is 0.0335. The van der Waals surface area contributed by atoms with Gasteiger partial charge >= 0.3 is 0 Å². The SMILES string of the molecule is CCCCCCCCOc1ccc(-c2nnc3n2c2nnc(-c4ccc(OCCCCCCCC)c(OCCCCCCCC)c4)n2c2nnc(-c4ccc(OCCCCCCCC)c(OCCCCCCCC)c4)n32)cc1OCCCCCCCC. The molecule has 87 heavy (non-hydrogen) atoms. The molecule has 0 saturated heterocycles. The van der Waals surface area contributed by atoms with Gasteiger partial charge in [-0.15, -0.1) is 30.6 Å². The van der Waals surface area contributed by atoms with Gasteiger partial charge in [0, 0.05) is 16.7 Å². The maximum atomic E-state index is 6.66. The molecule has 0 atom stereocenters. The molecule has 7 aromatic rings. The Kier molecular flexibility index (Phi) is 31.8. The Balaban J connectivity index is 1.31. The molecule has 15 nitrogen and oxygen atoms in total. The molecule has 4 aromatic heterocycles. The molecule has 0 spiro atoms. The largest absolute Gasteiger partial charge is 0.490 e. The van der Waals surface area contributed by atoms with Crippen LogP contribution in [0.2, 0.25) is 0 Å². The lowest BCUT2D eigenvalue weighted by Crippen LogP contribution is -2.08. The summed E-state index contributed by atoms with van der Waals surface area (Å²) in [5.41, 5.74) is 2.38. The molecule has 0 amide bonds. The predicted octanol–water partition coefficient (Wildman–Crippen LogP) is 20.3. The average molecular weight is 1200 g/mol. The zero-order valence-corrected chi connectivity index (χ0v) is 54.9. The van der Waals surface area contributed by atoms with Crippen LogP contribution in [0.25, 0.3) is 51.5 Å². The van der Waals surface area contributed by atoms with Crippen molar-refractivity contribution in [1.82, 2.24) is 43.8 Å². The fraction of sp³-hybridized carbons (Fsp3) is 0.667. The maximum absolute atomic E-state index is 6.66. The van der Waals surface area contributed by atoms with Crippen molar-refractivity contribution in [1.29, 1.82) is 0 Å². The molecular formula is C72H111N9O6. The van der Waals surface area contributed by atoms with E-state index in [-0.39, 0.29) is 0 Å². The van der Waals surface area contributed by atoms with Crippen molar-refractivity contribution in [3.8, 4) is 68.7 Å². The molecule has 0 unspecified atom stereocenters. The van der Waals surface area contributed by atoms with Crippen LogP contribution in [0.15, 0.2) is 54.6 Å². The smallest absolute Gasteiger partial charge is 0.247 e. The molecule has 7 rings (SSSR count). The number of fused-ring (bicyclic) bond motifs is 6. The highest BCUT2D eigenvalue weighted by Gasteiger charge is 2.27. The summed E-state index contributed by atoms with van der Waals surface area (Å²) in [7, 11) is 0. The van der Waals surface area contributed by atoms with Crippen molar-refractivity contribution >= 4 is 17.3 Å². The van der Waals surface area contributed by atoms with E-state index in [0.717, 1.165) is 111 Å². The van der Waals surface area contributed by atoms with Gasteiger partial charge < -0.3 is 28.4 Å². The fourth-order valence-corrected chi connectivity index (χ4v) is 11.4. The highest BCUT2D eigenvalue weighted by molar-refractivity contribution is 5.74. The third kappa shape index (κ3) is 21.6. The van der Waals surface area contributed by atoms with Gasteiger partial charge in [0.1, 0.15) is 0 Å². The lowest BCUT2D eigenvalue weighted by molar-refractivity contribution is 0.258. The van der Waals surface area contributed by atoms with Gasteiger partial charge in [-0.25, -0.2) is 13.2 Å². The normalized spacial score (nSPS) is 11.7. The van der Waals surface area contributed by atoms with Gasteiger partial charge in [0.05, 0.1) is 39.6 Å². The van der Waals surface area contributed by atoms with E-state index in [1.807, 2.05) is 67.8 Å². The van der Waals surface area contributed by atoms with E-state index in [0.29, 0.717) is 91.7 Å². The van der Waals surface area contributed by atoms with Gasteiger partial charge in [-0.2, -0.15) is 0 Å². The van der Waals surface area contributed by atoms with Crippen LogP contribution in [-0.4, -0.2) is 83.4 Å². The standard InChI is InChI=1S/C72H111N9O6/c1-7-13-19-25-31-37-49-82-61-46-43-58(55-64(61)85-52-40-34-28-22-16-10-4)67-73-76-70-79(67)71-77-74-68(59-44-47-62(83-50-38-32-26-20-14-8-2)65(56-59)86-53-41-35-29-23-17-11-5)81(71)72-78-75-69(80(70)72)60-45-48-63(84-51-39-33-27-21-15-9-3)66(57-60)87-54-42-36-30-24-18-12-6/h43-48,55-57H,7-42,49-54H2,1-6H3. The number of hydrogen-bond acceptors (Lipinski definition) is 12. The second kappa shape index (κ2) is 40.4. The number of unbranched alkanes of at least 4 members (excludes halogenated alkanes) is 30. The van der Waals surface area contributed by atoms with E-state index in [9.17, 15) is 0 Å². The van der Waals surface area contributed by atoms with E-state index in [4.69, 9.17) is 59.0 Å². The van der Waals surface area contributed by atoms with Crippen LogP contribution < -0.4 is 28.4 Å². The summed E-state index contributed by atoms with van der Waals surface area (Å²) >= 11 is 0. The molecule has 4 heterocycles. The third-order valence-corrected chi connectivity index (χ3v) is 16.7. The first-order valence-electron chi connectivity index (χ1n) is 35.1. The highest BCUT2D eigenvalue weighted by Crippen LogP contribution is 2.38. The highest BCUT2D eigenvalue weighted by atomic mass is 16.5. The summed E-state index contributed by atoms with van der Waals surface area (Å²) in [5, 5.41) is 29.9. The first-order valence-corrected chi connectivity index (χ1v) is 35.1. The maximum Gasteiger partial charge on any atom is 0.247 e. The number of hydrogen-bond donors (Lipinski definition) is 0. The second-order valence-corrected chi connectivity index (χ2v) is 24.2. The molecule has 0 saturated carbocycles. The topological polar surface area (TPSA) is 146 Å². The van der Waals surface area contributed by atoms with Crippen molar-refractivity contribution in [2.24, 2.45) is 0 Å². The number of nitrogens with zero attached hydrogens (tertiary/aromatic N) is 9. The van der Waals surface area contributed by atoms with Crippen LogP contribution in [0.3, 0.4) is 0 Å². The van der Waals surface area contributed by atoms with E-state index < -0.39 is 0 Å². The molecule has 0 radical (unpaired) electrons. The minimum absolute atomic E-state index is 0.476. The van der Waals surface area contributed by atoms with Crippen molar-refractivity contribution in [2.75, 3.05) is 39.6 Å². The fourth-order valence-electron chi connectivity index (χ4n) is 11.4. The molecule has 480 valence electrons. The molecule has 0 fully saturated rings. The summed E-state index contributed by atoms with van der Waals surface area (Å²) in [6.45, 7) is 17.2. The zero-order chi connectivity index (χ0) is 60.9. The van der Waals surface area contributed by atoms with E-state index in [1.165, 1.54) is 154 Å². The molecule has 0 aliphatic carbocycles. The summed E-state index contributed by atoms with van der Waals surface area (Å²) in [5.74, 6) is 7.36. The number of benzene rings is 3. The van der Waals surface area contributed by atoms with E-state index in [1.54, 1.807) is 0 Å². The van der Waals surface area contributed by atoms with Crippen LogP contribution >= 0.6 is 0 Å². The Morgan fingerprint density at radius 1 is 0.230 bits per heavy atom. The molecule has 3 aromatic carbocycles. The van der Waals surface area contributed by atoms with Gasteiger partial charge in [-0.05, 0) is 93.1 Å². The molecular weight excluding hydrogens is 1090 g/mol. The minimum atomic E-state index is 0.476. The van der Waals surface area contributed by atoms with Gasteiger partial charge in [0.2, 0.25) is 17.3 Å². The summed E-state index contributed by atoms with van der Waals surface area (Å²) < 4.78 is 45.4. The lowest BCUT2D eigenvalue weighted by atomic mass is 10.1. The van der Waals surface area contributed by atoms with E-state index in [2.05, 4.69) is 41.5 Å². The minimum Gasteiger partial charge on any atom is -0.490 e. The van der Waals surface area contributed by atoms with Crippen LogP contribution in [0, 0.1) is 0 Å². The zero-order valence-electron chi connectivity index (χ0n) is 54.9. The number of ether oxygens (including phenoxy) is 6. The van der Waals surface area contributed by atoms with Gasteiger partial charge in [0.25, 0.3) is 0 Å². The molecule has 0 N–H and O–H groups in total. The van der Waals surface area contributed by atoms with Gasteiger partial charge in [-0.3, -0.25) is 0 Å². The first kappa shape index (κ1) is 68.4. The summed E-state index contributed by atoms with van der Waals surface area (Å²) in [6, 6.07) is 18.3. The Morgan fingerprint density at radius 3 is 0.644 bits per heavy atom. The average Bonchev–Trinajstić information content (AvgIpc) is 2.31. The van der Waals surface area contributed by atoms with Crippen LogP contribution in [0.4, 0.5) is 0 Å². The Labute approximate surface area is 522 Å². The third-order valence-electron chi connectivity index (χ3n) is 16.7. The van der Waals surface area contributed by atoms with Crippen molar-refractivity contribution in [2.45, 2.75) is 273 Å². The Bertz CT molecular complexity index is 2640. The molecule has 0 aliphatic heterocycles. The van der Waals surface area contributed by atoms with E-state index >= 15 is 0 Å². The molecule has 0 bridgehead atoms. The Hall–Kier alpha value is -6.12. The van der Waals surface area contributed by atoms with Crippen LogP contribution in [0.1, 0.15) is 273 Å². The Morgan fingerprint density at radius 2 is 0.425 bits per heavy atom.